The topological polar surface area (TPSA) is 18.5 Å². The third kappa shape index (κ3) is 5.15. The van der Waals surface area contributed by atoms with Gasteiger partial charge in [0.2, 0.25) is 0 Å². The normalized spacial score (nSPS) is 10.5. The minimum atomic E-state index is 0.678. The molecule has 24 heavy (non-hydrogen) atoms. The zero-order valence-electron chi connectivity index (χ0n) is 13.6. The van der Waals surface area contributed by atoms with E-state index in [-0.39, 0.29) is 0 Å². The van der Waals surface area contributed by atoms with Gasteiger partial charge in [0, 0.05) is 16.9 Å². The van der Waals surface area contributed by atoms with Crippen LogP contribution in [0.25, 0.3) is 0 Å². The Hall–Kier alpha value is -2.23. The molecule has 0 unspecified atom stereocenters. The second-order valence-corrected chi connectivity index (χ2v) is 6.40. The van der Waals surface area contributed by atoms with Crippen LogP contribution >= 0.6 is 12.0 Å². The van der Waals surface area contributed by atoms with Gasteiger partial charge in [0.15, 0.2) is 0 Å². The molecule has 0 N–H and O–H groups in total. The van der Waals surface area contributed by atoms with Crippen LogP contribution in [-0.2, 0) is 10.6 Å². The second kappa shape index (κ2) is 8.57. The summed E-state index contributed by atoms with van der Waals surface area (Å²) < 4.78 is 11.5. The number of para-hydroxylation sites is 1. The highest BCUT2D eigenvalue weighted by molar-refractivity contribution is 7.94. The molecule has 0 heterocycles. The van der Waals surface area contributed by atoms with Gasteiger partial charge in [-0.3, -0.25) is 0 Å². The van der Waals surface area contributed by atoms with E-state index in [1.807, 2.05) is 42.5 Å². The average molecular weight is 336 g/mol. The van der Waals surface area contributed by atoms with Crippen molar-refractivity contribution < 1.29 is 8.92 Å². The molecular formula is C21H20O2S. The number of hydrogen-bond donors (Lipinski definition) is 0. The second-order valence-electron chi connectivity index (χ2n) is 5.53. The van der Waals surface area contributed by atoms with Crippen molar-refractivity contribution in [3.8, 4) is 11.5 Å². The lowest BCUT2D eigenvalue weighted by Gasteiger charge is -2.07. The lowest BCUT2D eigenvalue weighted by atomic mass is 10.1. The number of ether oxygens (including phenoxy) is 1. The van der Waals surface area contributed by atoms with E-state index in [0.717, 1.165) is 22.8 Å². The third-order valence-corrected chi connectivity index (χ3v) is 4.30. The molecule has 0 aromatic heterocycles. The molecule has 0 amide bonds. The third-order valence-electron chi connectivity index (χ3n) is 3.55. The number of hydrogen-bond acceptors (Lipinski definition) is 3. The fraction of sp³-hybridized carbons (Fsp3) is 0.143. The van der Waals surface area contributed by atoms with E-state index in [9.17, 15) is 0 Å². The van der Waals surface area contributed by atoms with E-state index in [2.05, 4.69) is 43.3 Å². The molecule has 0 aliphatic heterocycles. The van der Waals surface area contributed by atoms with Crippen molar-refractivity contribution in [1.29, 1.82) is 0 Å². The van der Waals surface area contributed by atoms with Gasteiger partial charge < -0.3 is 8.92 Å². The fourth-order valence-corrected chi connectivity index (χ4v) is 2.76. The quantitative estimate of drug-likeness (QED) is 0.386. The molecule has 0 spiro atoms. The molecule has 0 fully saturated rings. The summed E-state index contributed by atoms with van der Waals surface area (Å²) in [5, 5.41) is 0. The molecule has 3 heteroatoms. The van der Waals surface area contributed by atoms with Crippen molar-refractivity contribution in [1.82, 2.24) is 0 Å². The molecule has 0 saturated carbocycles. The van der Waals surface area contributed by atoms with E-state index in [4.69, 9.17) is 8.92 Å². The Bertz CT molecular complexity index is 737. The van der Waals surface area contributed by atoms with E-state index in [1.54, 1.807) is 0 Å². The first kappa shape index (κ1) is 16.6. The molecule has 0 aliphatic carbocycles. The predicted molar refractivity (Wildman–Crippen MR) is 99.7 cm³/mol. The summed E-state index contributed by atoms with van der Waals surface area (Å²) in [4.78, 5) is 1.13. The van der Waals surface area contributed by atoms with Crippen LogP contribution in [0.3, 0.4) is 0 Å². The first-order valence-electron chi connectivity index (χ1n) is 7.97. The van der Waals surface area contributed by atoms with Crippen LogP contribution in [0, 0.1) is 6.92 Å². The van der Waals surface area contributed by atoms with Crippen molar-refractivity contribution >= 4 is 12.0 Å². The summed E-state index contributed by atoms with van der Waals surface area (Å²) in [5.41, 5.74) is 2.50. The Kier molecular flexibility index (Phi) is 5.94. The first-order chi connectivity index (χ1) is 11.8. The molecule has 0 aliphatic rings. The molecule has 3 rings (SSSR count). The number of benzene rings is 3. The van der Waals surface area contributed by atoms with Crippen LogP contribution in [0.4, 0.5) is 0 Å². The van der Waals surface area contributed by atoms with Crippen molar-refractivity contribution in [3.05, 3.63) is 90.0 Å². The monoisotopic (exact) mass is 336 g/mol. The predicted octanol–water partition coefficient (Wildman–Crippen LogP) is 6.05. The minimum absolute atomic E-state index is 0.678. The van der Waals surface area contributed by atoms with Gasteiger partial charge in [-0.25, -0.2) is 0 Å². The van der Waals surface area contributed by atoms with E-state index >= 15 is 0 Å². The molecule has 3 aromatic rings. The Balaban J connectivity index is 1.43. The van der Waals surface area contributed by atoms with Crippen LogP contribution in [0.15, 0.2) is 83.8 Å². The highest BCUT2D eigenvalue weighted by Crippen LogP contribution is 2.22. The summed E-state index contributed by atoms with van der Waals surface area (Å²) in [6, 6.07) is 26.3. The molecule has 0 radical (unpaired) electrons. The van der Waals surface area contributed by atoms with Gasteiger partial charge in [-0.15, -0.1) is 0 Å². The Morgan fingerprint density at radius 1 is 0.750 bits per heavy atom. The van der Waals surface area contributed by atoms with Crippen LogP contribution < -0.4 is 4.74 Å². The van der Waals surface area contributed by atoms with Crippen molar-refractivity contribution in [2.45, 2.75) is 18.2 Å². The van der Waals surface area contributed by atoms with Crippen LogP contribution in [0.1, 0.15) is 11.1 Å². The lowest BCUT2D eigenvalue weighted by molar-refractivity contribution is 0.379. The smallest absolute Gasteiger partial charge is 0.127 e. The maximum Gasteiger partial charge on any atom is 0.127 e. The molecule has 0 atom stereocenters. The van der Waals surface area contributed by atoms with Gasteiger partial charge in [0.1, 0.15) is 11.5 Å². The van der Waals surface area contributed by atoms with Gasteiger partial charge >= 0.3 is 0 Å². The minimum Gasteiger partial charge on any atom is -0.457 e. The molecule has 0 bridgehead atoms. The summed E-state index contributed by atoms with van der Waals surface area (Å²) in [5.74, 6) is 1.70. The maximum atomic E-state index is 5.79. The highest BCUT2D eigenvalue weighted by atomic mass is 32.2. The summed E-state index contributed by atoms with van der Waals surface area (Å²) in [6.45, 7) is 2.76. The van der Waals surface area contributed by atoms with Crippen molar-refractivity contribution in [2.75, 3.05) is 6.61 Å². The fourth-order valence-electron chi connectivity index (χ4n) is 2.21. The van der Waals surface area contributed by atoms with Gasteiger partial charge in [0.05, 0.1) is 6.61 Å². The number of aryl methyl sites for hydroxylation is 1. The Morgan fingerprint density at radius 2 is 1.42 bits per heavy atom. The van der Waals surface area contributed by atoms with E-state index < -0.39 is 0 Å². The van der Waals surface area contributed by atoms with Gasteiger partial charge in [-0.2, -0.15) is 0 Å². The summed E-state index contributed by atoms with van der Waals surface area (Å²) in [6.07, 6.45) is 0.879. The maximum absolute atomic E-state index is 5.79. The summed E-state index contributed by atoms with van der Waals surface area (Å²) in [7, 11) is 0. The largest absolute Gasteiger partial charge is 0.457 e. The molecule has 2 nitrogen and oxygen atoms in total. The van der Waals surface area contributed by atoms with E-state index in [0.29, 0.717) is 6.61 Å². The van der Waals surface area contributed by atoms with Gasteiger partial charge in [0.25, 0.3) is 0 Å². The zero-order chi connectivity index (χ0) is 16.6. The number of rotatable bonds is 7. The molecule has 122 valence electrons. The standard InChI is InChI=1S/C21H20O2S/c1-17-7-13-21(14-8-17)24-22-16-15-18-9-11-20(12-10-18)23-19-5-3-2-4-6-19/h2-14H,15-16H2,1H3. The average Bonchev–Trinajstić information content (AvgIpc) is 2.62. The Labute approximate surface area is 147 Å². The molecule has 3 aromatic carbocycles. The van der Waals surface area contributed by atoms with Crippen molar-refractivity contribution in [3.63, 3.8) is 0 Å². The first-order valence-corrected chi connectivity index (χ1v) is 8.72. The van der Waals surface area contributed by atoms with Crippen LogP contribution in [-0.4, -0.2) is 6.61 Å². The highest BCUT2D eigenvalue weighted by Gasteiger charge is 1.99. The van der Waals surface area contributed by atoms with E-state index in [1.165, 1.54) is 23.2 Å². The van der Waals surface area contributed by atoms with Gasteiger partial charge in [-0.1, -0.05) is 48.0 Å². The lowest BCUT2D eigenvalue weighted by Crippen LogP contribution is -1.93. The van der Waals surface area contributed by atoms with Crippen LogP contribution in [0.2, 0.25) is 0 Å². The zero-order valence-corrected chi connectivity index (χ0v) is 14.5. The molecule has 0 saturated heterocycles. The SMILES string of the molecule is Cc1ccc(SOCCc2ccc(Oc3ccccc3)cc2)cc1. The molecular weight excluding hydrogens is 316 g/mol. The van der Waals surface area contributed by atoms with Crippen LogP contribution in [0.5, 0.6) is 11.5 Å². The Morgan fingerprint density at radius 3 is 2.12 bits per heavy atom. The summed E-state index contributed by atoms with van der Waals surface area (Å²) >= 11 is 1.43. The van der Waals surface area contributed by atoms with Crippen molar-refractivity contribution in [2.24, 2.45) is 0 Å². The van der Waals surface area contributed by atoms with Gasteiger partial charge in [-0.05, 0) is 55.3 Å².